The van der Waals surface area contributed by atoms with Crippen molar-refractivity contribution in [2.75, 3.05) is 36.4 Å². The highest BCUT2D eigenvalue weighted by molar-refractivity contribution is 5.95. The van der Waals surface area contributed by atoms with Crippen LogP contribution < -0.4 is 15.5 Å². The zero-order valence-corrected chi connectivity index (χ0v) is 19.0. The van der Waals surface area contributed by atoms with Crippen molar-refractivity contribution in [2.45, 2.75) is 38.6 Å². The molecule has 33 heavy (non-hydrogen) atoms. The quantitative estimate of drug-likeness (QED) is 0.542. The van der Waals surface area contributed by atoms with E-state index in [1.54, 1.807) is 12.1 Å². The summed E-state index contributed by atoms with van der Waals surface area (Å²) in [5.74, 6) is -1.03. The number of urea groups is 1. The number of nitrogens with one attached hydrogen (secondary N) is 2. The second-order valence-corrected chi connectivity index (χ2v) is 8.17. The second kappa shape index (κ2) is 12.0. The van der Waals surface area contributed by atoms with Crippen LogP contribution in [0.25, 0.3) is 0 Å². The van der Waals surface area contributed by atoms with E-state index in [1.165, 1.54) is 5.56 Å². The molecule has 3 rings (SSSR count). The number of hydrogen-bond donors (Lipinski definition) is 3. The molecule has 3 N–H and O–H groups in total. The number of aliphatic carboxylic acids is 1. The van der Waals surface area contributed by atoms with Gasteiger partial charge in [-0.05, 0) is 49.1 Å². The molecule has 0 radical (unpaired) electrons. The van der Waals surface area contributed by atoms with E-state index >= 15 is 0 Å². The summed E-state index contributed by atoms with van der Waals surface area (Å²) in [5.41, 5.74) is 2.68. The van der Waals surface area contributed by atoms with Crippen LogP contribution in [0.1, 0.15) is 31.7 Å². The minimum absolute atomic E-state index is 0.0812. The average molecular weight is 453 g/mol. The molecule has 8 heteroatoms. The number of likely N-dealkylation sites (tertiary alicyclic amines) is 1. The molecule has 2 aromatic rings. The fraction of sp³-hybridized carbons (Fsp3) is 0.400. The fourth-order valence-corrected chi connectivity index (χ4v) is 4.10. The number of carboxylic acids is 1. The Bertz CT molecular complexity index is 925. The van der Waals surface area contributed by atoms with E-state index in [9.17, 15) is 14.4 Å². The molecule has 1 fully saturated rings. The van der Waals surface area contributed by atoms with Gasteiger partial charge in [0.05, 0.1) is 0 Å². The van der Waals surface area contributed by atoms with Gasteiger partial charge >= 0.3 is 12.0 Å². The van der Waals surface area contributed by atoms with Crippen molar-refractivity contribution in [3.8, 4) is 0 Å². The third kappa shape index (κ3) is 7.32. The summed E-state index contributed by atoms with van der Waals surface area (Å²) >= 11 is 0. The van der Waals surface area contributed by atoms with E-state index < -0.39 is 18.5 Å². The van der Waals surface area contributed by atoms with Gasteiger partial charge in [0, 0.05) is 43.5 Å². The molecule has 0 saturated carbocycles. The third-order valence-corrected chi connectivity index (χ3v) is 5.86. The average Bonchev–Trinajstić information content (AvgIpc) is 2.84. The maximum absolute atomic E-state index is 12.8. The van der Waals surface area contributed by atoms with Crippen LogP contribution in [-0.2, 0) is 16.0 Å². The van der Waals surface area contributed by atoms with Crippen LogP contribution >= 0.6 is 0 Å². The Morgan fingerprint density at radius 2 is 1.70 bits per heavy atom. The summed E-state index contributed by atoms with van der Waals surface area (Å²) < 4.78 is 0. The van der Waals surface area contributed by atoms with E-state index in [-0.39, 0.29) is 11.9 Å². The number of anilines is 2. The predicted octanol–water partition coefficient (Wildman–Crippen LogP) is 3.34. The smallest absolute Gasteiger partial charge is 0.323 e. The lowest BCUT2D eigenvalue weighted by atomic mass is 10.0. The third-order valence-electron chi connectivity index (χ3n) is 5.86. The zero-order valence-electron chi connectivity index (χ0n) is 19.0. The molecule has 8 nitrogen and oxygen atoms in total. The van der Waals surface area contributed by atoms with Gasteiger partial charge in [-0.3, -0.25) is 9.59 Å². The van der Waals surface area contributed by atoms with Gasteiger partial charge in [0.1, 0.15) is 6.54 Å². The largest absolute Gasteiger partial charge is 0.480 e. The standard InChI is InChI=1S/C25H32N4O4/c1-2-23(30)29(21-10-8-20(9-11-21)27-25(33)26-18-24(31)32)22-13-16-28(17-14-22)15-12-19-6-4-3-5-7-19/h3-11,22H,2,12-18H2,1H3,(H,31,32)(H2,26,27,33). The number of rotatable bonds is 9. The van der Waals surface area contributed by atoms with Gasteiger partial charge < -0.3 is 25.5 Å². The first-order valence-corrected chi connectivity index (χ1v) is 11.4. The zero-order chi connectivity index (χ0) is 23.6. The van der Waals surface area contributed by atoms with Crippen LogP contribution in [0.4, 0.5) is 16.2 Å². The van der Waals surface area contributed by atoms with Gasteiger partial charge in [-0.1, -0.05) is 37.3 Å². The molecule has 1 aliphatic rings. The van der Waals surface area contributed by atoms with Crippen molar-refractivity contribution in [1.82, 2.24) is 10.2 Å². The highest BCUT2D eigenvalue weighted by Gasteiger charge is 2.28. The van der Waals surface area contributed by atoms with Gasteiger partial charge in [0.15, 0.2) is 0 Å². The Hall–Kier alpha value is -3.39. The van der Waals surface area contributed by atoms with Crippen LogP contribution in [0.3, 0.4) is 0 Å². The Morgan fingerprint density at radius 3 is 2.30 bits per heavy atom. The van der Waals surface area contributed by atoms with E-state index in [0.717, 1.165) is 44.6 Å². The fourth-order valence-electron chi connectivity index (χ4n) is 4.10. The number of piperidine rings is 1. The number of carbonyl (C=O) groups excluding carboxylic acids is 2. The van der Waals surface area contributed by atoms with Crippen molar-refractivity contribution < 1.29 is 19.5 Å². The van der Waals surface area contributed by atoms with E-state index in [0.29, 0.717) is 12.1 Å². The molecule has 2 aromatic carbocycles. The molecule has 0 spiro atoms. The van der Waals surface area contributed by atoms with Gasteiger partial charge in [0.25, 0.3) is 0 Å². The molecule has 1 heterocycles. The minimum atomic E-state index is -1.11. The molecular weight excluding hydrogens is 420 g/mol. The molecule has 0 bridgehead atoms. The lowest BCUT2D eigenvalue weighted by Gasteiger charge is -2.38. The highest BCUT2D eigenvalue weighted by atomic mass is 16.4. The predicted molar refractivity (Wildman–Crippen MR) is 128 cm³/mol. The van der Waals surface area contributed by atoms with Gasteiger partial charge in [0.2, 0.25) is 5.91 Å². The lowest BCUT2D eigenvalue weighted by molar-refractivity contribution is -0.135. The van der Waals surface area contributed by atoms with Gasteiger partial charge in [-0.2, -0.15) is 0 Å². The van der Waals surface area contributed by atoms with Gasteiger partial charge in [-0.25, -0.2) is 4.79 Å². The molecule has 0 aromatic heterocycles. The van der Waals surface area contributed by atoms with Gasteiger partial charge in [-0.15, -0.1) is 0 Å². The molecular formula is C25H32N4O4. The molecule has 1 aliphatic heterocycles. The summed E-state index contributed by atoms with van der Waals surface area (Å²) in [4.78, 5) is 39.5. The van der Waals surface area contributed by atoms with Crippen LogP contribution in [0.15, 0.2) is 54.6 Å². The Morgan fingerprint density at radius 1 is 1.03 bits per heavy atom. The first-order valence-electron chi connectivity index (χ1n) is 11.4. The molecule has 0 unspecified atom stereocenters. The molecule has 1 saturated heterocycles. The lowest BCUT2D eigenvalue weighted by Crippen LogP contribution is -2.47. The number of hydrogen-bond acceptors (Lipinski definition) is 4. The summed E-state index contributed by atoms with van der Waals surface area (Å²) in [5, 5.41) is 13.5. The monoisotopic (exact) mass is 452 g/mol. The van der Waals surface area contributed by atoms with Crippen LogP contribution in [0.5, 0.6) is 0 Å². The number of carboxylic acid groups (broad SMARTS) is 1. The van der Waals surface area contributed by atoms with Crippen molar-refractivity contribution >= 4 is 29.3 Å². The van der Waals surface area contributed by atoms with Crippen LogP contribution in [0, 0.1) is 0 Å². The topological polar surface area (TPSA) is 102 Å². The molecule has 0 aliphatic carbocycles. The van der Waals surface area contributed by atoms with Crippen molar-refractivity contribution in [3.63, 3.8) is 0 Å². The number of carbonyl (C=O) groups is 3. The number of amides is 3. The summed E-state index contributed by atoms with van der Waals surface area (Å²) in [6.07, 6.45) is 3.28. The summed E-state index contributed by atoms with van der Waals surface area (Å²) in [7, 11) is 0. The first-order chi connectivity index (χ1) is 16.0. The normalized spacial score (nSPS) is 14.5. The maximum atomic E-state index is 12.8. The number of benzene rings is 2. The number of nitrogens with zero attached hydrogens (tertiary/aromatic N) is 2. The molecule has 0 atom stereocenters. The molecule has 176 valence electrons. The first kappa shape index (κ1) is 24.3. The Labute approximate surface area is 194 Å². The Balaban J connectivity index is 1.57. The van der Waals surface area contributed by atoms with Crippen LogP contribution in [0.2, 0.25) is 0 Å². The summed E-state index contributed by atoms with van der Waals surface area (Å²) in [6.45, 7) is 4.34. The van der Waals surface area contributed by atoms with Crippen LogP contribution in [-0.4, -0.2) is 60.1 Å². The Kier molecular flexibility index (Phi) is 8.83. The second-order valence-electron chi connectivity index (χ2n) is 8.17. The minimum Gasteiger partial charge on any atom is -0.480 e. The highest BCUT2D eigenvalue weighted by Crippen LogP contribution is 2.26. The van der Waals surface area contributed by atoms with Crippen molar-refractivity contribution in [3.05, 3.63) is 60.2 Å². The van der Waals surface area contributed by atoms with E-state index in [4.69, 9.17) is 5.11 Å². The molecule has 3 amide bonds. The SMILES string of the molecule is CCC(=O)N(c1ccc(NC(=O)NCC(=O)O)cc1)C1CCN(CCc2ccccc2)CC1. The summed E-state index contributed by atoms with van der Waals surface area (Å²) in [6, 6.07) is 17.1. The maximum Gasteiger partial charge on any atom is 0.323 e. The van der Waals surface area contributed by atoms with E-state index in [1.807, 2.05) is 30.0 Å². The van der Waals surface area contributed by atoms with E-state index in [2.05, 4.69) is 39.8 Å². The van der Waals surface area contributed by atoms with Crippen molar-refractivity contribution in [2.24, 2.45) is 0 Å². The van der Waals surface area contributed by atoms with Crippen molar-refractivity contribution in [1.29, 1.82) is 0 Å².